The van der Waals surface area contributed by atoms with Crippen molar-refractivity contribution < 1.29 is 8.42 Å². The van der Waals surface area contributed by atoms with Gasteiger partial charge in [-0.2, -0.15) is 0 Å². The molecule has 1 aromatic rings. The van der Waals surface area contributed by atoms with Gasteiger partial charge in [-0.05, 0) is 44.5 Å². The van der Waals surface area contributed by atoms with Crippen molar-refractivity contribution in [1.29, 1.82) is 0 Å². The van der Waals surface area contributed by atoms with E-state index in [1.165, 1.54) is 26.0 Å². The predicted octanol–water partition coefficient (Wildman–Crippen LogP) is 0.825. The Labute approximate surface area is 125 Å². The number of nitrogen functional groups attached to an aromatic ring is 1. The third kappa shape index (κ3) is 3.14. The van der Waals surface area contributed by atoms with E-state index in [2.05, 4.69) is 14.9 Å². The number of nitrogens with two attached hydrogens (primary N) is 1. The van der Waals surface area contributed by atoms with Crippen LogP contribution in [0.3, 0.4) is 0 Å². The van der Waals surface area contributed by atoms with Crippen LogP contribution in [0.15, 0.2) is 23.1 Å². The number of benzene rings is 1. The fraction of sp³-hybridized carbons (Fsp3) is 0.571. The van der Waals surface area contributed by atoms with E-state index in [1.54, 1.807) is 12.1 Å². The Bertz CT molecular complexity index is 628. The van der Waals surface area contributed by atoms with Crippen LogP contribution in [0.4, 0.5) is 11.4 Å². The van der Waals surface area contributed by atoms with Gasteiger partial charge in [0, 0.05) is 25.2 Å². The van der Waals surface area contributed by atoms with Gasteiger partial charge >= 0.3 is 0 Å². The summed E-state index contributed by atoms with van der Waals surface area (Å²) in [6.07, 6.45) is 3.75. The van der Waals surface area contributed by atoms with E-state index in [1.807, 2.05) is 0 Å². The Balaban J connectivity index is 1.69. The Morgan fingerprint density at radius 1 is 1.29 bits per heavy atom. The van der Waals surface area contributed by atoms with Crippen LogP contribution in [0.25, 0.3) is 0 Å². The van der Waals surface area contributed by atoms with Crippen molar-refractivity contribution in [2.24, 2.45) is 0 Å². The molecule has 1 saturated heterocycles. The highest BCUT2D eigenvalue weighted by Crippen LogP contribution is 2.31. The lowest BCUT2D eigenvalue weighted by Gasteiger charge is -2.18. The summed E-state index contributed by atoms with van der Waals surface area (Å²) >= 11 is 0. The van der Waals surface area contributed by atoms with Crippen molar-refractivity contribution >= 4 is 21.4 Å². The zero-order chi connectivity index (χ0) is 15.0. The summed E-state index contributed by atoms with van der Waals surface area (Å²) < 4.78 is 25.8. The summed E-state index contributed by atoms with van der Waals surface area (Å²) in [6, 6.07) is 6.01. The van der Waals surface area contributed by atoms with E-state index in [0.717, 1.165) is 31.2 Å². The number of nitrogens with zero attached hydrogens (tertiary/aromatic N) is 1. The van der Waals surface area contributed by atoms with Crippen LogP contribution in [0.1, 0.15) is 19.3 Å². The first kappa shape index (κ1) is 14.6. The van der Waals surface area contributed by atoms with Crippen LogP contribution in [0, 0.1) is 0 Å². The van der Waals surface area contributed by atoms with Gasteiger partial charge in [0.05, 0.1) is 16.3 Å². The molecule has 0 bridgehead atoms. The normalized spacial score (nSPS) is 23.4. The molecular weight excluding hydrogens is 288 g/mol. The van der Waals surface area contributed by atoms with Crippen molar-refractivity contribution in [3.05, 3.63) is 18.2 Å². The number of likely N-dealkylation sites (tertiary alicyclic amines) is 1. The number of anilines is 2. The molecule has 1 aliphatic carbocycles. The smallest absolute Gasteiger partial charge is 0.240 e. The molecule has 2 aliphatic rings. The summed E-state index contributed by atoms with van der Waals surface area (Å²) in [5, 5.41) is 3.44. The minimum absolute atomic E-state index is 0.194. The first-order chi connectivity index (χ1) is 9.99. The second kappa shape index (κ2) is 5.47. The van der Waals surface area contributed by atoms with E-state index in [-0.39, 0.29) is 4.90 Å². The molecule has 1 atom stereocenters. The molecule has 1 unspecified atom stereocenters. The highest BCUT2D eigenvalue weighted by molar-refractivity contribution is 7.89. The Hall–Kier alpha value is -1.31. The van der Waals surface area contributed by atoms with Crippen molar-refractivity contribution in [1.82, 2.24) is 9.62 Å². The highest BCUT2D eigenvalue weighted by atomic mass is 32.2. The lowest BCUT2D eigenvalue weighted by molar-refractivity contribution is 0.326. The van der Waals surface area contributed by atoms with Crippen molar-refractivity contribution in [2.45, 2.75) is 36.2 Å². The monoisotopic (exact) mass is 310 g/mol. The summed E-state index contributed by atoms with van der Waals surface area (Å²) in [6.45, 7) is 2.18. The largest absolute Gasteiger partial charge is 0.397 e. The SMILES string of the molecule is CNS(=O)(=O)c1ccc(NC2CCN(C3CC3)C2)c(N)c1. The minimum Gasteiger partial charge on any atom is -0.397 e. The molecule has 0 radical (unpaired) electrons. The molecular formula is C14H22N4O2S. The van der Waals surface area contributed by atoms with Crippen molar-refractivity contribution in [3.63, 3.8) is 0 Å². The first-order valence-electron chi connectivity index (χ1n) is 7.33. The maximum absolute atomic E-state index is 11.7. The average molecular weight is 310 g/mol. The van der Waals surface area contributed by atoms with Crippen LogP contribution in [0.2, 0.25) is 0 Å². The fourth-order valence-electron chi connectivity index (χ4n) is 2.85. The Kier molecular flexibility index (Phi) is 3.81. The molecule has 116 valence electrons. The van der Waals surface area contributed by atoms with E-state index in [0.29, 0.717) is 11.7 Å². The van der Waals surface area contributed by atoms with Gasteiger partial charge in [0.15, 0.2) is 0 Å². The summed E-state index contributed by atoms with van der Waals surface area (Å²) in [7, 11) is -2.05. The van der Waals surface area contributed by atoms with Gasteiger partial charge in [0.25, 0.3) is 0 Å². The summed E-state index contributed by atoms with van der Waals surface area (Å²) in [5.41, 5.74) is 7.27. The van der Waals surface area contributed by atoms with Crippen LogP contribution >= 0.6 is 0 Å². The van der Waals surface area contributed by atoms with Gasteiger partial charge in [-0.1, -0.05) is 0 Å². The second-order valence-electron chi connectivity index (χ2n) is 5.81. The average Bonchev–Trinajstić information content (AvgIpc) is 3.21. The molecule has 2 fully saturated rings. The van der Waals surface area contributed by atoms with Crippen LogP contribution < -0.4 is 15.8 Å². The van der Waals surface area contributed by atoms with Gasteiger partial charge in [-0.25, -0.2) is 13.1 Å². The van der Waals surface area contributed by atoms with E-state index >= 15 is 0 Å². The third-order valence-electron chi connectivity index (χ3n) is 4.24. The van der Waals surface area contributed by atoms with E-state index in [4.69, 9.17) is 5.73 Å². The molecule has 0 amide bonds. The summed E-state index contributed by atoms with van der Waals surface area (Å²) in [5.74, 6) is 0. The maximum atomic E-state index is 11.7. The third-order valence-corrected chi connectivity index (χ3v) is 5.66. The van der Waals surface area contributed by atoms with Crippen molar-refractivity contribution in [3.8, 4) is 0 Å². The molecule has 1 aliphatic heterocycles. The Morgan fingerprint density at radius 2 is 2.05 bits per heavy atom. The lowest BCUT2D eigenvalue weighted by atomic mass is 10.2. The topological polar surface area (TPSA) is 87.5 Å². The molecule has 21 heavy (non-hydrogen) atoms. The molecule has 0 spiro atoms. The van der Waals surface area contributed by atoms with Crippen LogP contribution in [0.5, 0.6) is 0 Å². The lowest BCUT2D eigenvalue weighted by Crippen LogP contribution is -2.28. The number of hydrogen-bond donors (Lipinski definition) is 3. The maximum Gasteiger partial charge on any atom is 0.240 e. The quantitative estimate of drug-likeness (QED) is 0.701. The molecule has 1 aromatic carbocycles. The van der Waals surface area contributed by atoms with Gasteiger partial charge < -0.3 is 11.1 Å². The zero-order valence-corrected chi connectivity index (χ0v) is 13.0. The first-order valence-corrected chi connectivity index (χ1v) is 8.81. The van der Waals surface area contributed by atoms with Crippen molar-refractivity contribution in [2.75, 3.05) is 31.2 Å². The molecule has 3 rings (SSSR count). The minimum atomic E-state index is -3.44. The van der Waals surface area contributed by atoms with Gasteiger partial charge in [-0.3, -0.25) is 4.90 Å². The number of rotatable bonds is 5. The van der Waals surface area contributed by atoms with Gasteiger partial charge in [0.2, 0.25) is 10.0 Å². The molecule has 6 nitrogen and oxygen atoms in total. The summed E-state index contributed by atoms with van der Waals surface area (Å²) in [4.78, 5) is 2.72. The molecule has 1 saturated carbocycles. The highest BCUT2D eigenvalue weighted by Gasteiger charge is 2.34. The van der Waals surface area contributed by atoms with Crippen LogP contribution in [-0.2, 0) is 10.0 Å². The van der Waals surface area contributed by atoms with E-state index in [9.17, 15) is 8.42 Å². The van der Waals surface area contributed by atoms with Gasteiger partial charge in [-0.15, -0.1) is 0 Å². The number of hydrogen-bond acceptors (Lipinski definition) is 5. The van der Waals surface area contributed by atoms with Gasteiger partial charge in [0.1, 0.15) is 0 Å². The van der Waals surface area contributed by atoms with Crippen LogP contribution in [-0.4, -0.2) is 45.5 Å². The number of nitrogens with one attached hydrogen (secondary N) is 2. The second-order valence-corrected chi connectivity index (χ2v) is 7.70. The molecule has 7 heteroatoms. The standard InChI is InChI=1S/C14H22N4O2S/c1-16-21(19,20)12-4-5-14(13(15)8-12)17-10-6-7-18(9-10)11-2-3-11/h4-5,8,10-11,16-17H,2-3,6-7,9,15H2,1H3. The molecule has 4 N–H and O–H groups in total. The number of sulfonamides is 1. The predicted molar refractivity (Wildman–Crippen MR) is 83.7 cm³/mol. The molecule has 1 heterocycles. The molecule has 0 aromatic heterocycles. The fourth-order valence-corrected chi connectivity index (χ4v) is 3.62. The Morgan fingerprint density at radius 3 is 2.67 bits per heavy atom. The zero-order valence-electron chi connectivity index (χ0n) is 12.2. The van der Waals surface area contributed by atoms with E-state index < -0.39 is 10.0 Å².